The number of alkyl halides is 1. The van der Waals surface area contributed by atoms with E-state index in [4.69, 9.17) is 14.9 Å². The Bertz CT molecular complexity index is 251. The summed E-state index contributed by atoms with van der Waals surface area (Å²) in [6, 6.07) is 0. The monoisotopic (exact) mass is 364 g/mol. The summed E-state index contributed by atoms with van der Waals surface area (Å²) < 4.78 is 4.36. The van der Waals surface area contributed by atoms with E-state index in [0.29, 0.717) is 0 Å². The number of aliphatic hydroxyl groups is 6. The maximum absolute atomic E-state index is 10.2. The quantitative estimate of drug-likeness (QED) is 0.237. The summed E-state index contributed by atoms with van der Waals surface area (Å²) in [5.74, 6) is -2.12. The molecule has 1 saturated heterocycles. The van der Waals surface area contributed by atoms with Crippen LogP contribution < -0.4 is 0 Å². The van der Waals surface area contributed by atoms with E-state index >= 15 is 0 Å². The van der Waals surface area contributed by atoms with Gasteiger partial charge in [-0.3, -0.25) is 0 Å². The van der Waals surface area contributed by atoms with E-state index in [1.165, 1.54) is 0 Å². The minimum atomic E-state index is -2.12. The van der Waals surface area contributed by atoms with Crippen molar-refractivity contribution in [2.24, 2.45) is 0 Å². The van der Waals surface area contributed by atoms with Crippen molar-refractivity contribution in [1.29, 1.82) is 0 Å². The van der Waals surface area contributed by atoms with Crippen molar-refractivity contribution in [2.45, 2.75) is 40.5 Å². The average Bonchev–Trinajstić information content (AvgIpc) is 2.31. The molecule has 0 aromatic carbocycles. The fourth-order valence-corrected chi connectivity index (χ4v) is 2.55. The van der Waals surface area contributed by atoms with Crippen LogP contribution >= 0.6 is 22.6 Å². The summed E-state index contributed by atoms with van der Waals surface area (Å²) >= 11 is 1.77. The van der Waals surface area contributed by atoms with Crippen LogP contribution in [0.1, 0.15) is 6.42 Å². The molecule has 1 rings (SSSR count). The molecule has 7 nitrogen and oxygen atoms in total. The topological polar surface area (TPSA) is 131 Å². The van der Waals surface area contributed by atoms with Gasteiger partial charge >= 0.3 is 0 Å². The molecule has 8 heteroatoms. The zero-order valence-electron chi connectivity index (χ0n) is 8.98. The lowest BCUT2D eigenvalue weighted by Crippen LogP contribution is -2.68. The third kappa shape index (κ3) is 2.89. The molecule has 6 atom stereocenters. The Kier molecular flexibility index (Phi) is 5.53. The second-order valence-electron chi connectivity index (χ2n) is 4.00. The van der Waals surface area contributed by atoms with Crippen LogP contribution in [0.25, 0.3) is 0 Å². The molecule has 1 heterocycles. The van der Waals surface area contributed by atoms with Gasteiger partial charge < -0.3 is 35.4 Å². The summed E-state index contributed by atoms with van der Waals surface area (Å²) in [6.45, 7) is -0.829. The second-order valence-corrected chi connectivity index (χ2v) is 5.50. The summed E-state index contributed by atoms with van der Waals surface area (Å²) in [7, 11) is 0. The van der Waals surface area contributed by atoms with E-state index in [1.807, 2.05) is 0 Å². The normalized spacial score (nSPS) is 44.6. The van der Waals surface area contributed by atoms with Crippen LogP contribution in [-0.2, 0) is 4.74 Å². The molecule has 6 N–H and O–H groups in total. The zero-order chi connectivity index (χ0) is 13.2. The number of halogens is 1. The van der Waals surface area contributed by atoms with Gasteiger partial charge in [-0.25, -0.2) is 0 Å². The molecule has 1 aliphatic rings. The lowest BCUT2D eigenvalue weighted by molar-refractivity contribution is -0.347. The van der Waals surface area contributed by atoms with Crippen molar-refractivity contribution >= 4 is 22.6 Å². The molecule has 0 spiro atoms. The third-order valence-electron chi connectivity index (χ3n) is 2.83. The van der Waals surface area contributed by atoms with Gasteiger partial charge in [-0.2, -0.15) is 0 Å². The Labute approximate surface area is 112 Å². The maximum Gasteiger partial charge on any atom is 0.207 e. The van der Waals surface area contributed by atoms with Gasteiger partial charge in [-0.05, 0) is 6.42 Å². The molecular weight excluding hydrogens is 347 g/mol. The molecule has 1 unspecified atom stereocenters. The average molecular weight is 364 g/mol. The Balaban J connectivity index is 2.90. The Morgan fingerprint density at radius 1 is 1.18 bits per heavy atom. The van der Waals surface area contributed by atoms with Crippen molar-refractivity contribution in [3.8, 4) is 0 Å². The first-order valence-corrected chi connectivity index (χ1v) is 6.43. The SMILES string of the molecule is OCCC(I)[C@@]1(O)O[C@H](CO)[C@@H](O)[C@H](O)[C@@H]1O. The highest BCUT2D eigenvalue weighted by molar-refractivity contribution is 14.1. The van der Waals surface area contributed by atoms with Crippen LogP contribution in [0.5, 0.6) is 0 Å². The van der Waals surface area contributed by atoms with Crippen molar-refractivity contribution in [3.63, 3.8) is 0 Å². The van der Waals surface area contributed by atoms with Gasteiger partial charge in [0.05, 0.1) is 10.5 Å². The number of aliphatic hydroxyl groups excluding tert-OH is 5. The fraction of sp³-hybridized carbons (Fsp3) is 1.00. The minimum Gasteiger partial charge on any atom is -0.396 e. The van der Waals surface area contributed by atoms with E-state index in [0.717, 1.165) is 0 Å². The Morgan fingerprint density at radius 2 is 1.76 bits per heavy atom. The highest BCUT2D eigenvalue weighted by Gasteiger charge is 2.55. The predicted octanol–water partition coefficient (Wildman–Crippen LogP) is -2.67. The largest absolute Gasteiger partial charge is 0.396 e. The molecule has 0 amide bonds. The van der Waals surface area contributed by atoms with Gasteiger partial charge in [0.2, 0.25) is 5.79 Å². The molecule has 0 bridgehead atoms. The summed E-state index contributed by atoms with van der Waals surface area (Å²) in [6.07, 6.45) is -5.87. The Morgan fingerprint density at radius 3 is 2.24 bits per heavy atom. The van der Waals surface area contributed by atoms with Gasteiger partial charge in [-0.1, -0.05) is 22.6 Å². The van der Waals surface area contributed by atoms with Gasteiger partial charge in [-0.15, -0.1) is 0 Å². The van der Waals surface area contributed by atoms with E-state index in [-0.39, 0.29) is 13.0 Å². The fourth-order valence-electron chi connectivity index (χ4n) is 1.76. The molecule has 1 fully saturated rings. The van der Waals surface area contributed by atoms with Crippen LogP contribution in [0, 0.1) is 0 Å². The van der Waals surface area contributed by atoms with Crippen LogP contribution in [-0.4, -0.2) is 78.0 Å². The van der Waals surface area contributed by atoms with Crippen molar-refractivity contribution in [3.05, 3.63) is 0 Å². The number of rotatable bonds is 4. The standard InChI is InChI=1S/C9H17IO7/c10-5(1-2-11)9(16)8(15)7(14)6(13)4(3-12)17-9/h4-8,11-16H,1-3H2/t4-,5?,6-,7+,8+,9-/m1/s1. The highest BCUT2D eigenvalue weighted by Crippen LogP contribution is 2.35. The minimum absolute atomic E-state index is 0.134. The molecule has 0 radical (unpaired) electrons. The summed E-state index contributed by atoms with van der Waals surface area (Å²) in [5, 5.41) is 56.7. The molecule has 0 aromatic rings. The third-order valence-corrected chi connectivity index (χ3v) is 4.34. The number of hydrogen-bond donors (Lipinski definition) is 6. The van der Waals surface area contributed by atoms with Crippen molar-refractivity contribution in [1.82, 2.24) is 0 Å². The molecule has 0 aromatic heterocycles. The molecule has 0 aliphatic carbocycles. The summed E-state index contributed by atoms with van der Waals surface area (Å²) in [5.41, 5.74) is 0. The summed E-state index contributed by atoms with van der Waals surface area (Å²) in [4.78, 5) is 0. The first-order chi connectivity index (χ1) is 7.88. The van der Waals surface area contributed by atoms with Crippen molar-refractivity contribution < 1.29 is 35.4 Å². The highest BCUT2D eigenvalue weighted by atomic mass is 127. The molecule has 1 aliphatic heterocycles. The smallest absolute Gasteiger partial charge is 0.207 e. The van der Waals surface area contributed by atoms with Gasteiger partial charge in [0, 0.05) is 6.61 Å². The van der Waals surface area contributed by atoms with E-state index < -0.39 is 40.7 Å². The molecule has 102 valence electrons. The van der Waals surface area contributed by atoms with Crippen LogP contribution in [0.15, 0.2) is 0 Å². The van der Waals surface area contributed by atoms with Crippen LogP contribution in [0.3, 0.4) is 0 Å². The van der Waals surface area contributed by atoms with Gasteiger partial charge in [0.25, 0.3) is 0 Å². The lowest BCUT2D eigenvalue weighted by Gasteiger charge is -2.47. The first-order valence-electron chi connectivity index (χ1n) is 5.18. The van der Waals surface area contributed by atoms with Crippen LogP contribution in [0.4, 0.5) is 0 Å². The van der Waals surface area contributed by atoms with Crippen LogP contribution in [0.2, 0.25) is 0 Å². The molecule has 0 saturated carbocycles. The second kappa shape index (κ2) is 6.06. The van der Waals surface area contributed by atoms with Gasteiger partial charge in [0.1, 0.15) is 24.4 Å². The molecular formula is C9H17IO7. The lowest BCUT2D eigenvalue weighted by atomic mass is 9.90. The zero-order valence-corrected chi connectivity index (χ0v) is 11.1. The van der Waals surface area contributed by atoms with E-state index in [1.54, 1.807) is 22.6 Å². The first kappa shape index (κ1) is 15.5. The number of ether oxygens (including phenoxy) is 1. The molecule has 17 heavy (non-hydrogen) atoms. The van der Waals surface area contributed by atoms with E-state index in [2.05, 4.69) is 0 Å². The Hall–Kier alpha value is 0.450. The maximum atomic E-state index is 10.2. The van der Waals surface area contributed by atoms with Gasteiger partial charge in [0.15, 0.2) is 0 Å². The number of hydrogen-bond acceptors (Lipinski definition) is 7. The predicted molar refractivity (Wildman–Crippen MR) is 64.4 cm³/mol. The van der Waals surface area contributed by atoms with E-state index in [9.17, 15) is 20.4 Å². The van der Waals surface area contributed by atoms with Crippen molar-refractivity contribution in [2.75, 3.05) is 13.2 Å².